The molecule has 110 valence electrons. The lowest BCUT2D eigenvalue weighted by Crippen LogP contribution is -2.34. The van der Waals surface area contributed by atoms with Crippen LogP contribution < -0.4 is 5.32 Å². The van der Waals surface area contributed by atoms with E-state index < -0.39 is 0 Å². The molecule has 1 aromatic carbocycles. The van der Waals surface area contributed by atoms with Crippen LogP contribution in [0.15, 0.2) is 30.3 Å². The summed E-state index contributed by atoms with van der Waals surface area (Å²) in [5.41, 5.74) is 2.02. The zero-order valence-corrected chi connectivity index (χ0v) is 12.4. The Bertz CT molecular complexity index is 632. The van der Waals surface area contributed by atoms with Crippen LogP contribution in [0.4, 0.5) is 0 Å². The Balaban J connectivity index is 1.81. The van der Waals surface area contributed by atoms with Crippen molar-refractivity contribution >= 4 is 17.5 Å². The Morgan fingerprint density at radius 3 is 2.95 bits per heavy atom. The smallest absolute Gasteiger partial charge is 0.271 e. The van der Waals surface area contributed by atoms with Gasteiger partial charge in [0.25, 0.3) is 5.91 Å². The van der Waals surface area contributed by atoms with Crippen LogP contribution >= 0.6 is 11.6 Å². The summed E-state index contributed by atoms with van der Waals surface area (Å²) in [6.07, 6.45) is 0.969. The third kappa shape index (κ3) is 3.09. The highest BCUT2D eigenvalue weighted by Crippen LogP contribution is 2.26. The second-order valence-corrected chi connectivity index (χ2v) is 5.45. The zero-order chi connectivity index (χ0) is 14.7. The number of aromatic amines is 1. The molecule has 0 atom stereocenters. The molecule has 0 saturated carbocycles. The summed E-state index contributed by atoms with van der Waals surface area (Å²) in [5.74, 6) is -0.00972. The monoisotopic (exact) mass is 304 g/mol. The highest BCUT2D eigenvalue weighted by atomic mass is 35.5. The number of H-pyrrole nitrogens is 1. The summed E-state index contributed by atoms with van der Waals surface area (Å²) in [6.45, 7) is 3.28. The molecule has 0 spiro atoms. The second kappa shape index (κ2) is 6.28. The number of nitrogens with zero attached hydrogens (tertiary/aromatic N) is 2. The van der Waals surface area contributed by atoms with Gasteiger partial charge in [-0.2, -0.15) is 5.10 Å². The van der Waals surface area contributed by atoms with Crippen molar-refractivity contribution in [3.05, 3.63) is 41.0 Å². The van der Waals surface area contributed by atoms with Crippen molar-refractivity contribution in [3.8, 4) is 11.3 Å². The van der Waals surface area contributed by atoms with Crippen molar-refractivity contribution in [2.24, 2.45) is 0 Å². The molecule has 1 aromatic heterocycles. The van der Waals surface area contributed by atoms with E-state index in [1.54, 1.807) is 6.07 Å². The van der Waals surface area contributed by atoms with E-state index in [0.717, 1.165) is 38.2 Å². The Kier molecular flexibility index (Phi) is 4.22. The van der Waals surface area contributed by atoms with E-state index in [-0.39, 0.29) is 5.91 Å². The van der Waals surface area contributed by atoms with Crippen molar-refractivity contribution in [2.45, 2.75) is 6.42 Å². The summed E-state index contributed by atoms with van der Waals surface area (Å²) in [5, 5.41) is 11.0. The summed E-state index contributed by atoms with van der Waals surface area (Å²) < 4.78 is 0. The van der Waals surface area contributed by atoms with Gasteiger partial charge in [-0.1, -0.05) is 29.8 Å². The molecule has 21 heavy (non-hydrogen) atoms. The van der Waals surface area contributed by atoms with Crippen LogP contribution in [-0.4, -0.2) is 47.2 Å². The van der Waals surface area contributed by atoms with Crippen LogP contribution in [0.1, 0.15) is 16.9 Å². The van der Waals surface area contributed by atoms with Gasteiger partial charge < -0.3 is 10.2 Å². The van der Waals surface area contributed by atoms with E-state index in [4.69, 9.17) is 11.6 Å². The van der Waals surface area contributed by atoms with E-state index in [1.807, 2.05) is 29.2 Å². The Hall–Kier alpha value is -1.85. The minimum atomic E-state index is -0.00972. The molecular formula is C15H17ClN4O. The predicted molar refractivity (Wildman–Crippen MR) is 82.4 cm³/mol. The summed E-state index contributed by atoms with van der Waals surface area (Å²) >= 11 is 6.16. The molecule has 5 nitrogen and oxygen atoms in total. The Labute approximate surface area is 128 Å². The first-order chi connectivity index (χ1) is 10.3. The lowest BCUT2D eigenvalue weighted by Gasteiger charge is -2.18. The maximum Gasteiger partial charge on any atom is 0.271 e. The van der Waals surface area contributed by atoms with E-state index in [2.05, 4.69) is 15.5 Å². The van der Waals surface area contributed by atoms with E-state index in [9.17, 15) is 4.79 Å². The molecule has 0 unspecified atom stereocenters. The third-order valence-electron chi connectivity index (χ3n) is 3.59. The predicted octanol–water partition coefficient (Wildman–Crippen LogP) is 2.17. The van der Waals surface area contributed by atoms with E-state index >= 15 is 0 Å². The quantitative estimate of drug-likeness (QED) is 0.894. The van der Waals surface area contributed by atoms with Gasteiger partial charge in [-0.15, -0.1) is 0 Å². The van der Waals surface area contributed by atoms with Gasteiger partial charge in [0.05, 0.1) is 10.7 Å². The van der Waals surface area contributed by atoms with Crippen LogP contribution in [0.5, 0.6) is 0 Å². The number of amides is 1. The first-order valence-corrected chi connectivity index (χ1v) is 7.44. The second-order valence-electron chi connectivity index (χ2n) is 5.04. The molecule has 6 heteroatoms. The highest BCUT2D eigenvalue weighted by Gasteiger charge is 2.19. The van der Waals surface area contributed by atoms with Crippen molar-refractivity contribution in [1.82, 2.24) is 20.4 Å². The molecule has 1 saturated heterocycles. The standard InChI is InChI=1S/C15H17ClN4O/c16-12-5-2-1-4-11(12)13-10-14(19-18-13)15(21)20-8-3-6-17-7-9-20/h1-2,4-5,10,17H,3,6-9H2,(H,18,19). The molecule has 0 bridgehead atoms. The van der Waals surface area contributed by atoms with Gasteiger partial charge in [0.1, 0.15) is 5.69 Å². The number of rotatable bonds is 2. The number of hydrogen-bond donors (Lipinski definition) is 2. The molecule has 2 heterocycles. The van der Waals surface area contributed by atoms with Gasteiger partial charge in [-0.05, 0) is 25.1 Å². The third-order valence-corrected chi connectivity index (χ3v) is 3.91. The van der Waals surface area contributed by atoms with E-state index in [0.29, 0.717) is 16.4 Å². The molecule has 0 aliphatic carbocycles. The SMILES string of the molecule is O=C(c1cc(-c2ccccc2Cl)n[nH]1)N1CCCNCC1. The van der Waals surface area contributed by atoms with Gasteiger partial charge in [-0.3, -0.25) is 9.89 Å². The largest absolute Gasteiger partial charge is 0.336 e. The Morgan fingerprint density at radius 2 is 2.10 bits per heavy atom. The zero-order valence-electron chi connectivity index (χ0n) is 11.6. The molecule has 1 fully saturated rings. The molecule has 2 N–H and O–H groups in total. The van der Waals surface area contributed by atoms with Gasteiger partial charge >= 0.3 is 0 Å². The average Bonchev–Trinajstić information content (AvgIpc) is 2.82. The molecule has 1 aliphatic rings. The van der Waals surface area contributed by atoms with Gasteiger partial charge in [0.2, 0.25) is 0 Å². The first kappa shape index (κ1) is 14.1. The molecule has 0 radical (unpaired) electrons. The minimum absolute atomic E-state index is 0.00972. The normalized spacial score (nSPS) is 15.8. The number of hydrogen-bond acceptors (Lipinski definition) is 3. The fourth-order valence-electron chi connectivity index (χ4n) is 2.46. The molecule has 1 amide bonds. The number of halogens is 1. The average molecular weight is 305 g/mol. The highest BCUT2D eigenvalue weighted by molar-refractivity contribution is 6.33. The molecule has 3 rings (SSSR count). The van der Waals surface area contributed by atoms with Gasteiger partial charge in [-0.25, -0.2) is 0 Å². The van der Waals surface area contributed by atoms with Crippen LogP contribution in [-0.2, 0) is 0 Å². The number of benzene rings is 1. The van der Waals surface area contributed by atoms with Crippen LogP contribution in [0.25, 0.3) is 11.3 Å². The Morgan fingerprint density at radius 1 is 1.24 bits per heavy atom. The van der Waals surface area contributed by atoms with Crippen LogP contribution in [0, 0.1) is 0 Å². The van der Waals surface area contributed by atoms with Crippen molar-refractivity contribution in [3.63, 3.8) is 0 Å². The lowest BCUT2D eigenvalue weighted by molar-refractivity contribution is 0.0760. The first-order valence-electron chi connectivity index (χ1n) is 7.06. The maximum absolute atomic E-state index is 12.5. The molecule has 1 aliphatic heterocycles. The summed E-state index contributed by atoms with van der Waals surface area (Å²) in [6, 6.07) is 9.24. The van der Waals surface area contributed by atoms with Gasteiger partial charge in [0.15, 0.2) is 0 Å². The lowest BCUT2D eigenvalue weighted by atomic mass is 10.1. The summed E-state index contributed by atoms with van der Waals surface area (Å²) in [4.78, 5) is 14.3. The molecule has 2 aromatic rings. The fourth-order valence-corrected chi connectivity index (χ4v) is 2.69. The van der Waals surface area contributed by atoms with Crippen LogP contribution in [0.2, 0.25) is 5.02 Å². The van der Waals surface area contributed by atoms with E-state index in [1.165, 1.54) is 0 Å². The number of carbonyl (C=O) groups excluding carboxylic acids is 1. The summed E-state index contributed by atoms with van der Waals surface area (Å²) in [7, 11) is 0. The number of aromatic nitrogens is 2. The van der Waals surface area contributed by atoms with Crippen LogP contribution in [0.3, 0.4) is 0 Å². The van der Waals surface area contributed by atoms with Crippen molar-refractivity contribution < 1.29 is 4.79 Å². The maximum atomic E-state index is 12.5. The molecular weight excluding hydrogens is 288 g/mol. The topological polar surface area (TPSA) is 61.0 Å². The minimum Gasteiger partial charge on any atom is -0.336 e. The van der Waals surface area contributed by atoms with Crippen molar-refractivity contribution in [2.75, 3.05) is 26.2 Å². The number of carbonyl (C=O) groups is 1. The fraction of sp³-hybridized carbons (Fsp3) is 0.333. The van der Waals surface area contributed by atoms with Gasteiger partial charge in [0, 0.05) is 25.2 Å². The number of nitrogens with one attached hydrogen (secondary N) is 2. The van der Waals surface area contributed by atoms with Crippen molar-refractivity contribution in [1.29, 1.82) is 0 Å².